The largest absolute Gasteiger partial charge is 0.366 e. The van der Waals surface area contributed by atoms with Gasteiger partial charge in [0.1, 0.15) is 0 Å². The number of rotatable bonds is 7. The molecular weight excluding hydrogens is 464 g/mol. The van der Waals surface area contributed by atoms with Crippen LogP contribution in [0, 0.1) is 19.3 Å². The number of pyridine rings is 1. The highest BCUT2D eigenvalue weighted by Gasteiger charge is 2.49. The highest BCUT2D eigenvalue weighted by Crippen LogP contribution is 2.53. The number of carbonyl (C=O) groups excluding carboxylic acids is 1. The molecule has 3 fully saturated rings. The van der Waals surface area contributed by atoms with Crippen LogP contribution in [0.1, 0.15) is 68.1 Å². The summed E-state index contributed by atoms with van der Waals surface area (Å²) in [5, 5.41) is 17.2. The van der Waals surface area contributed by atoms with Crippen molar-refractivity contribution in [2.45, 2.75) is 84.3 Å². The standard InChI is InChI=1S/C28H40N8O/c1-5-29-16-25(37)32-28-10-7-27(8-11-28,9-12-28)18-36-23-6-13-35(17-22(23)20(3)33-36)24-14-19(2)31-26-21(24)15-30-34(26)4/h14-15,29H,5-13,16-18H2,1-4H3,(H,32,37). The van der Waals surface area contributed by atoms with Crippen molar-refractivity contribution in [3.63, 3.8) is 0 Å². The molecule has 0 saturated heterocycles. The van der Waals surface area contributed by atoms with E-state index in [1.165, 1.54) is 36.2 Å². The van der Waals surface area contributed by atoms with E-state index < -0.39 is 0 Å². The summed E-state index contributed by atoms with van der Waals surface area (Å²) in [7, 11) is 1.96. The Kier molecular flexibility index (Phi) is 6.01. The van der Waals surface area contributed by atoms with E-state index in [0.29, 0.717) is 12.0 Å². The third kappa shape index (κ3) is 4.31. The number of likely N-dealkylation sites (N-methyl/N-ethyl adjacent to an activating group) is 1. The van der Waals surface area contributed by atoms with Crippen LogP contribution >= 0.6 is 0 Å². The van der Waals surface area contributed by atoms with Gasteiger partial charge < -0.3 is 15.5 Å². The Labute approximate surface area is 219 Å². The van der Waals surface area contributed by atoms with Gasteiger partial charge in [0.05, 0.1) is 29.5 Å². The summed E-state index contributed by atoms with van der Waals surface area (Å²) in [4.78, 5) is 19.6. The van der Waals surface area contributed by atoms with Crippen LogP contribution < -0.4 is 15.5 Å². The number of hydrogen-bond donors (Lipinski definition) is 2. The fourth-order valence-corrected chi connectivity index (χ4v) is 7.06. The molecule has 1 amide bonds. The maximum Gasteiger partial charge on any atom is 0.234 e. The van der Waals surface area contributed by atoms with E-state index in [9.17, 15) is 4.79 Å². The molecule has 0 unspecified atom stereocenters. The first kappa shape index (κ1) is 24.4. The molecule has 4 heterocycles. The molecule has 3 aromatic rings. The van der Waals surface area contributed by atoms with Crippen LogP contribution in [0.4, 0.5) is 5.69 Å². The van der Waals surface area contributed by atoms with Crippen LogP contribution in [0.5, 0.6) is 0 Å². The fourth-order valence-electron chi connectivity index (χ4n) is 7.06. The van der Waals surface area contributed by atoms with E-state index in [1.807, 2.05) is 24.9 Å². The van der Waals surface area contributed by atoms with E-state index in [4.69, 9.17) is 10.1 Å². The van der Waals surface area contributed by atoms with Gasteiger partial charge in [0.2, 0.25) is 5.91 Å². The predicted octanol–water partition coefficient (Wildman–Crippen LogP) is 3.16. The highest BCUT2D eigenvalue weighted by molar-refractivity contribution is 5.89. The molecule has 3 aromatic heterocycles. The number of carbonyl (C=O) groups is 1. The first-order valence-electron chi connectivity index (χ1n) is 13.9. The lowest BCUT2D eigenvalue weighted by atomic mass is 9.57. The van der Waals surface area contributed by atoms with Gasteiger partial charge in [-0.3, -0.25) is 14.2 Å². The Bertz CT molecular complexity index is 1310. The second kappa shape index (κ2) is 9.11. The summed E-state index contributed by atoms with van der Waals surface area (Å²) in [6, 6.07) is 2.20. The van der Waals surface area contributed by atoms with Gasteiger partial charge in [-0.1, -0.05) is 6.92 Å². The Morgan fingerprint density at radius 2 is 1.89 bits per heavy atom. The lowest BCUT2D eigenvalue weighted by Gasteiger charge is -2.53. The van der Waals surface area contributed by atoms with Crippen molar-refractivity contribution in [3.05, 3.63) is 34.9 Å². The van der Waals surface area contributed by atoms with Crippen molar-refractivity contribution in [1.29, 1.82) is 0 Å². The molecule has 0 radical (unpaired) electrons. The zero-order valence-corrected chi connectivity index (χ0v) is 22.7. The maximum absolute atomic E-state index is 12.4. The minimum absolute atomic E-state index is 0.00845. The zero-order valence-electron chi connectivity index (χ0n) is 22.7. The average molecular weight is 505 g/mol. The predicted molar refractivity (Wildman–Crippen MR) is 145 cm³/mol. The van der Waals surface area contributed by atoms with Crippen molar-refractivity contribution in [3.8, 4) is 0 Å². The van der Waals surface area contributed by atoms with Crippen molar-refractivity contribution >= 4 is 22.6 Å². The molecule has 9 heteroatoms. The highest BCUT2D eigenvalue weighted by atomic mass is 16.2. The third-order valence-corrected chi connectivity index (χ3v) is 9.31. The van der Waals surface area contributed by atoms with Crippen LogP contribution in [0.3, 0.4) is 0 Å². The lowest BCUT2D eigenvalue weighted by molar-refractivity contribution is -0.124. The van der Waals surface area contributed by atoms with Gasteiger partial charge in [0, 0.05) is 55.6 Å². The van der Waals surface area contributed by atoms with Crippen molar-refractivity contribution < 1.29 is 4.79 Å². The zero-order chi connectivity index (χ0) is 25.8. The number of hydrogen-bond acceptors (Lipinski definition) is 6. The number of aryl methyl sites for hydroxylation is 3. The number of anilines is 1. The van der Waals surface area contributed by atoms with Gasteiger partial charge in [-0.05, 0) is 70.4 Å². The van der Waals surface area contributed by atoms with Crippen molar-refractivity contribution in [2.24, 2.45) is 12.5 Å². The normalized spacial score (nSPS) is 25.0. The van der Waals surface area contributed by atoms with Gasteiger partial charge >= 0.3 is 0 Å². The molecule has 7 rings (SSSR count). The summed E-state index contributed by atoms with van der Waals surface area (Å²) in [5.74, 6) is 0.144. The van der Waals surface area contributed by atoms with Gasteiger partial charge in [0.25, 0.3) is 0 Å². The number of aromatic nitrogens is 5. The summed E-state index contributed by atoms with van der Waals surface area (Å²) < 4.78 is 4.21. The molecule has 2 N–H and O–H groups in total. The SMILES string of the molecule is CCNCC(=O)NC12CCC(Cn3nc(C)c4c3CCN(c3cc(C)nc5c3cnn5C)C4)(CC1)CC2. The molecule has 2 bridgehead atoms. The lowest BCUT2D eigenvalue weighted by Crippen LogP contribution is -2.58. The molecule has 198 valence electrons. The Hall–Kier alpha value is -2.94. The van der Waals surface area contributed by atoms with E-state index in [1.54, 1.807) is 0 Å². The average Bonchev–Trinajstić information content (AvgIpc) is 3.42. The van der Waals surface area contributed by atoms with Crippen LogP contribution in [-0.4, -0.2) is 55.6 Å². The van der Waals surface area contributed by atoms with Crippen LogP contribution in [0.2, 0.25) is 0 Å². The second-order valence-corrected chi connectivity index (χ2v) is 11.7. The topological polar surface area (TPSA) is 92.9 Å². The number of nitrogens with zero attached hydrogens (tertiary/aromatic N) is 6. The molecular formula is C28H40N8O. The van der Waals surface area contributed by atoms with Crippen LogP contribution in [0.25, 0.3) is 11.0 Å². The van der Waals surface area contributed by atoms with Crippen LogP contribution in [-0.2, 0) is 31.4 Å². The molecule has 3 saturated carbocycles. The Balaban J connectivity index is 1.17. The van der Waals surface area contributed by atoms with Gasteiger partial charge in [-0.2, -0.15) is 10.2 Å². The quantitative estimate of drug-likeness (QED) is 0.514. The second-order valence-electron chi connectivity index (χ2n) is 11.7. The number of nitrogens with one attached hydrogen (secondary N) is 2. The van der Waals surface area contributed by atoms with E-state index in [-0.39, 0.29) is 11.4 Å². The van der Waals surface area contributed by atoms with Crippen molar-refractivity contribution in [1.82, 2.24) is 35.2 Å². The molecule has 4 aliphatic rings. The number of amides is 1. The van der Waals surface area contributed by atoms with E-state index in [2.05, 4.69) is 45.2 Å². The minimum atomic E-state index is 0.00845. The smallest absolute Gasteiger partial charge is 0.234 e. The summed E-state index contributed by atoms with van der Waals surface area (Å²) in [6.07, 6.45) is 9.71. The summed E-state index contributed by atoms with van der Waals surface area (Å²) in [6.45, 7) is 10.4. The van der Waals surface area contributed by atoms with E-state index in [0.717, 1.165) is 74.3 Å². The van der Waals surface area contributed by atoms with Crippen molar-refractivity contribution in [2.75, 3.05) is 24.5 Å². The van der Waals surface area contributed by atoms with Gasteiger partial charge in [0.15, 0.2) is 5.65 Å². The molecule has 1 aliphatic heterocycles. The van der Waals surface area contributed by atoms with Gasteiger partial charge in [-0.25, -0.2) is 4.98 Å². The van der Waals surface area contributed by atoms with Crippen LogP contribution in [0.15, 0.2) is 12.3 Å². The first-order valence-corrected chi connectivity index (χ1v) is 13.9. The van der Waals surface area contributed by atoms with Gasteiger partial charge in [-0.15, -0.1) is 0 Å². The van der Waals surface area contributed by atoms with E-state index >= 15 is 0 Å². The molecule has 3 aliphatic carbocycles. The molecule has 0 aromatic carbocycles. The fraction of sp³-hybridized carbons (Fsp3) is 0.643. The Morgan fingerprint density at radius 1 is 1.14 bits per heavy atom. The Morgan fingerprint density at radius 3 is 2.62 bits per heavy atom. The monoisotopic (exact) mass is 504 g/mol. The molecule has 9 nitrogen and oxygen atoms in total. The summed E-state index contributed by atoms with van der Waals surface area (Å²) in [5.41, 5.74) is 7.45. The maximum atomic E-state index is 12.4. The minimum Gasteiger partial charge on any atom is -0.366 e. The molecule has 0 atom stereocenters. The number of fused-ring (bicyclic) bond motifs is 5. The molecule has 0 spiro atoms. The third-order valence-electron chi connectivity index (χ3n) is 9.31. The first-order chi connectivity index (χ1) is 17.8. The summed E-state index contributed by atoms with van der Waals surface area (Å²) >= 11 is 0. The molecule has 37 heavy (non-hydrogen) atoms.